The molecular weight excluding hydrogens is 368 g/mol. The minimum absolute atomic E-state index is 0.120. The summed E-state index contributed by atoms with van der Waals surface area (Å²) in [7, 11) is 0. The van der Waals surface area contributed by atoms with E-state index in [1.54, 1.807) is 5.57 Å². The highest BCUT2D eigenvalue weighted by molar-refractivity contribution is 5.38. The van der Waals surface area contributed by atoms with Gasteiger partial charge in [0.05, 0.1) is 0 Å². The quantitative estimate of drug-likeness (QED) is 0.317. The zero-order chi connectivity index (χ0) is 21.5. The van der Waals surface area contributed by atoms with Gasteiger partial charge >= 0.3 is 0 Å². The van der Waals surface area contributed by atoms with Crippen molar-refractivity contribution in [3.05, 3.63) is 11.6 Å². The maximum Gasteiger partial charge on any atom is 0.293 e. The molecule has 3 saturated carbocycles. The topological polar surface area (TPSA) is 26.3 Å². The summed E-state index contributed by atoms with van der Waals surface area (Å²) in [5.74, 6) is 5.32. The molecule has 4 aliphatic carbocycles. The maximum atomic E-state index is 10.8. The smallest absolute Gasteiger partial charge is 0.293 e. The summed E-state index contributed by atoms with van der Waals surface area (Å²) in [4.78, 5) is 10.8. The summed E-state index contributed by atoms with van der Waals surface area (Å²) in [6, 6.07) is 0. The second kappa shape index (κ2) is 8.62. The van der Waals surface area contributed by atoms with Crippen molar-refractivity contribution in [3.8, 4) is 0 Å². The van der Waals surface area contributed by atoms with Crippen LogP contribution in [0.4, 0.5) is 0 Å². The van der Waals surface area contributed by atoms with E-state index in [1.165, 1.54) is 57.8 Å². The van der Waals surface area contributed by atoms with Crippen molar-refractivity contribution in [3.63, 3.8) is 0 Å². The van der Waals surface area contributed by atoms with Crippen molar-refractivity contribution in [2.75, 3.05) is 0 Å². The first-order valence-corrected chi connectivity index (χ1v) is 13.1. The third kappa shape index (κ3) is 3.79. The fourth-order valence-electron chi connectivity index (χ4n) is 8.85. The summed E-state index contributed by atoms with van der Waals surface area (Å²) in [6.45, 7) is 13.2. The number of rotatable bonds is 7. The Hall–Kier alpha value is -0.790. The van der Waals surface area contributed by atoms with Crippen molar-refractivity contribution in [2.45, 2.75) is 111 Å². The van der Waals surface area contributed by atoms with Crippen LogP contribution in [0.3, 0.4) is 0 Å². The van der Waals surface area contributed by atoms with E-state index in [2.05, 4.69) is 40.7 Å². The highest BCUT2D eigenvalue weighted by atomic mass is 16.5. The minimum Gasteiger partial charge on any atom is -0.464 e. The molecule has 3 fully saturated rings. The molecule has 170 valence electrons. The predicted molar refractivity (Wildman–Crippen MR) is 124 cm³/mol. The molecule has 2 heteroatoms. The van der Waals surface area contributed by atoms with Crippen LogP contribution in [-0.4, -0.2) is 12.6 Å². The molecule has 0 saturated heterocycles. The van der Waals surface area contributed by atoms with Crippen LogP contribution in [0, 0.1) is 46.3 Å². The summed E-state index contributed by atoms with van der Waals surface area (Å²) >= 11 is 0. The van der Waals surface area contributed by atoms with Crippen LogP contribution in [-0.2, 0) is 9.53 Å². The number of hydrogen-bond donors (Lipinski definition) is 0. The van der Waals surface area contributed by atoms with Crippen LogP contribution >= 0.6 is 0 Å². The van der Waals surface area contributed by atoms with Crippen molar-refractivity contribution < 1.29 is 9.53 Å². The van der Waals surface area contributed by atoms with Crippen LogP contribution in [0.1, 0.15) is 105 Å². The van der Waals surface area contributed by atoms with E-state index >= 15 is 0 Å². The van der Waals surface area contributed by atoms with Crippen LogP contribution in [0.2, 0.25) is 0 Å². The maximum absolute atomic E-state index is 10.8. The minimum atomic E-state index is 0.120. The molecule has 0 bridgehead atoms. The lowest BCUT2D eigenvalue weighted by Crippen LogP contribution is -2.51. The number of hydrogen-bond acceptors (Lipinski definition) is 2. The molecule has 2 nitrogen and oxygen atoms in total. The van der Waals surface area contributed by atoms with Gasteiger partial charge in [0.25, 0.3) is 6.47 Å². The molecule has 4 rings (SSSR count). The van der Waals surface area contributed by atoms with E-state index in [1.807, 2.05) is 0 Å². The summed E-state index contributed by atoms with van der Waals surface area (Å²) < 4.78 is 5.36. The summed E-state index contributed by atoms with van der Waals surface area (Å²) in [6.07, 6.45) is 17.2. The average molecular weight is 415 g/mol. The molecule has 0 amide bonds. The average Bonchev–Trinajstić information content (AvgIpc) is 3.05. The van der Waals surface area contributed by atoms with Gasteiger partial charge in [0.1, 0.15) is 6.10 Å². The predicted octanol–water partition coefficient (Wildman–Crippen LogP) is 7.57. The normalized spacial score (nSPS) is 43.9. The molecule has 0 heterocycles. The number of ether oxygens (including phenoxy) is 1. The lowest BCUT2D eigenvalue weighted by molar-refractivity contribution is -0.136. The standard InChI is InChI=1S/C28H46O2/c1-19(2)7-6-8-20(3)24-11-12-25-23-10-9-21-17-22(30-18-29)13-15-27(21,4)26(23)14-16-28(24,25)5/h9,18-20,22-26H,6-8,10-17H2,1-5H3/t20-,22-,23-,24+,25-,26-,27-,28+/m0/s1. The SMILES string of the molecule is CC(C)CCC[C@H](C)[C@H]1CC[C@H]2[C@@H]3CC=C4C[C@@H](OC=O)CC[C@]4(C)[C@H]3CC[C@]12C. The molecule has 8 atom stereocenters. The first-order valence-electron chi connectivity index (χ1n) is 13.1. The Bertz CT molecular complexity index is 651. The van der Waals surface area contributed by atoms with E-state index in [0.29, 0.717) is 17.3 Å². The Kier molecular flexibility index (Phi) is 6.44. The fourth-order valence-corrected chi connectivity index (χ4v) is 8.85. The largest absolute Gasteiger partial charge is 0.464 e. The molecule has 4 aliphatic rings. The zero-order valence-corrected chi connectivity index (χ0v) is 20.3. The van der Waals surface area contributed by atoms with E-state index in [4.69, 9.17) is 4.74 Å². The van der Waals surface area contributed by atoms with Gasteiger partial charge in [0.2, 0.25) is 0 Å². The molecule has 0 radical (unpaired) electrons. The molecule has 0 unspecified atom stereocenters. The molecule has 0 aliphatic heterocycles. The number of carbonyl (C=O) groups excluding carboxylic acids is 1. The van der Waals surface area contributed by atoms with E-state index < -0.39 is 0 Å². The van der Waals surface area contributed by atoms with Gasteiger partial charge in [-0.25, -0.2) is 0 Å². The van der Waals surface area contributed by atoms with Gasteiger partial charge in [-0.15, -0.1) is 0 Å². The van der Waals surface area contributed by atoms with Crippen LogP contribution in [0.5, 0.6) is 0 Å². The third-order valence-corrected chi connectivity index (χ3v) is 10.5. The monoisotopic (exact) mass is 414 g/mol. The Morgan fingerprint density at radius 1 is 1.07 bits per heavy atom. The van der Waals surface area contributed by atoms with Crippen LogP contribution in [0.15, 0.2) is 11.6 Å². The second-order valence-electron chi connectivity index (χ2n) is 12.4. The highest BCUT2D eigenvalue weighted by Crippen LogP contribution is 2.67. The fraction of sp³-hybridized carbons (Fsp3) is 0.893. The molecule has 0 aromatic heterocycles. The number of allylic oxidation sites excluding steroid dienone is 1. The lowest BCUT2D eigenvalue weighted by atomic mass is 9.47. The van der Waals surface area contributed by atoms with Gasteiger partial charge < -0.3 is 4.74 Å². The van der Waals surface area contributed by atoms with Crippen molar-refractivity contribution in [1.82, 2.24) is 0 Å². The Balaban J connectivity index is 1.47. The second-order valence-corrected chi connectivity index (χ2v) is 12.4. The Morgan fingerprint density at radius 2 is 1.87 bits per heavy atom. The van der Waals surface area contributed by atoms with Gasteiger partial charge in [-0.3, -0.25) is 4.79 Å². The Labute approximate surface area is 185 Å². The summed E-state index contributed by atoms with van der Waals surface area (Å²) in [5.41, 5.74) is 2.54. The van der Waals surface area contributed by atoms with Gasteiger partial charge in [0.15, 0.2) is 0 Å². The zero-order valence-electron chi connectivity index (χ0n) is 20.3. The molecule has 0 aromatic carbocycles. The first-order chi connectivity index (χ1) is 14.3. The Morgan fingerprint density at radius 3 is 2.60 bits per heavy atom. The third-order valence-electron chi connectivity index (χ3n) is 10.5. The number of fused-ring (bicyclic) bond motifs is 5. The van der Waals surface area contributed by atoms with Crippen molar-refractivity contribution in [2.24, 2.45) is 46.3 Å². The molecule has 0 spiro atoms. The highest BCUT2D eigenvalue weighted by Gasteiger charge is 2.59. The molecule has 0 aromatic rings. The van der Waals surface area contributed by atoms with E-state index in [9.17, 15) is 4.79 Å². The summed E-state index contributed by atoms with van der Waals surface area (Å²) in [5, 5.41) is 0. The van der Waals surface area contributed by atoms with E-state index in [-0.39, 0.29) is 6.10 Å². The lowest BCUT2D eigenvalue weighted by Gasteiger charge is -2.58. The molecule has 30 heavy (non-hydrogen) atoms. The van der Waals surface area contributed by atoms with E-state index in [0.717, 1.165) is 48.3 Å². The van der Waals surface area contributed by atoms with Crippen molar-refractivity contribution >= 4 is 6.47 Å². The van der Waals surface area contributed by atoms with Gasteiger partial charge in [-0.2, -0.15) is 0 Å². The van der Waals surface area contributed by atoms with Gasteiger partial charge in [0, 0.05) is 6.42 Å². The van der Waals surface area contributed by atoms with Crippen LogP contribution in [0.25, 0.3) is 0 Å². The van der Waals surface area contributed by atoms with Crippen LogP contribution < -0.4 is 0 Å². The van der Waals surface area contributed by atoms with Gasteiger partial charge in [-0.1, -0.05) is 65.5 Å². The number of carbonyl (C=O) groups is 1. The van der Waals surface area contributed by atoms with Gasteiger partial charge in [-0.05, 0) is 91.3 Å². The molecule has 0 N–H and O–H groups in total. The molecular formula is C28H46O2. The van der Waals surface area contributed by atoms with Crippen molar-refractivity contribution in [1.29, 1.82) is 0 Å². The first kappa shape index (κ1) is 22.4.